The van der Waals surface area contributed by atoms with Crippen LogP contribution in [0.3, 0.4) is 0 Å². The summed E-state index contributed by atoms with van der Waals surface area (Å²) in [6.45, 7) is 2.35. The van der Waals surface area contributed by atoms with Gasteiger partial charge >= 0.3 is 35.8 Å². The maximum Gasteiger partial charge on any atom is 0.460 e. The van der Waals surface area contributed by atoms with E-state index < -0.39 is 81.1 Å². The Bertz CT molecular complexity index is 834. The van der Waals surface area contributed by atoms with E-state index in [0.717, 1.165) is 0 Å². The number of allylic oxidation sites excluding steroid dienone is 1. The third kappa shape index (κ3) is 4.84. The lowest BCUT2D eigenvalue weighted by molar-refractivity contribution is -0.452. The van der Waals surface area contributed by atoms with Crippen LogP contribution < -0.4 is 0 Å². The van der Waals surface area contributed by atoms with Crippen molar-refractivity contribution >= 4 is 19.7 Å². The Morgan fingerprint density at radius 2 is 0.970 bits per heavy atom. The molecule has 0 spiro atoms. The Balaban J connectivity index is 6.95. The van der Waals surface area contributed by atoms with Crippen LogP contribution in [-0.2, 0) is 9.05 Å². The van der Waals surface area contributed by atoms with Gasteiger partial charge in [0, 0.05) is 23.5 Å². The van der Waals surface area contributed by atoms with Crippen LogP contribution in [0.5, 0.6) is 0 Å². The van der Waals surface area contributed by atoms with Crippen LogP contribution in [0.15, 0.2) is 12.7 Å². The zero-order valence-corrected chi connectivity index (χ0v) is 16.6. The first-order valence-electron chi connectivity index (χ1n) is 7.57. The third-order valence-electron chi connectivity index (χ3n) is 4.10. The van der Waals surface area contributed by atoms with Crippen LogP contribution in [0.25, 0.3) is 0 Å². The highest BCUT2D eigenvalue weighted by Gasteiger charge is 2.94. The SMILES string of the molecule is C=CCC(F)(C(F)(F)CCS(=O)(=O)Cl)C(F)(F)C(F)(F)C(F)(F)C(F)(F)C(F)(F)C(F)(F)F. The molecule has 33 heavy (non-hydrogen) atoms. The van der Waals surface area contributed by atoms with E-state index in [2.05, 4.69) is 17.3 Å². The highest BCUT2D eigenvalue weighted by Crippen LogP contribution is 2.64. The third-order valence-corrected chi connectivity index (χ3v) is 5.25. The van der Waals surface area contributed by atoms with Gasteiger partial charge < -0.3 is 0 Å². The molecule has 0 aromatic carbocycles. The predicted octanol–water partition coefficient (Wildman–Crippen LogP) is 6.60. The number of hydrogen-bond acceptors (Lipinski definition) is 2. The average Bonchev–Trinajstić information content (AvgIpc) is 2.57. The molecule has 2 nitrogen and oxygen atoms in total. The zero-order valence-electron chi connectivity index (χ0n) is 15.1. The first-order chi connectivity index (χ1) is 14.0. The summed E-state index contributed by atoms with van der Waals surface area (Å²) < 4.78 is 235. The van der Waals surface area contributed by atoms with Crippen LogP contribution >= 0.6 is 10.7 Å². The van der Waals surface area contributed by atoms with Gasteiger partial charge in [-0.15, -0.1) is 6.58 Å². The van der Waals surface area contributed by atoms with E-state index in [9.17, 15) is 78.7 Å². The lowest BCUT2D eigenvalue weighted by Gasteiger charge is -2.45. The Hall–Kier alpha value is -1.14. The first kappa shape index (κ1) is 31.9. The van der Waals surface area contributed by atoms with Crippen LogP contribution in [-0.4, -0.2) is 61.6 Å². The molecule has 0 fully saturated rings. The fourth-order valence-corrected chi connectivity index (χ4v) is 2.90. The molecule has 1 unspecified atom stereocenters. The monoisotopic (exact) mass is 568 g/mol. The first-order valence-corrected chi connectivity index (χ1v) is 10.1. The molecule has 0 aromatic rings. The van der Waals surface area contributed by atoms with Gasteiger partial charge in [0.25, 0.3) is 5.92 Å². The van der Waals surface area contributed by atoms with E-state index in [0.29, 0.717) is 0 Å². The summed E-state index contributed by atoms with van der Waals surface area (Å²) >= 11 is 0. The lowest BCUT2D eigenvalue weighted by Crippen LogP contribution is -2.75. The highest BCUT2D eigenvalue weighted by atomic mass is 35.7. The van der Waals surface area contributed by atoms with Gasteiger partial charge in [0.1, 0.15) is 0 Å². The molecule has 0 rings (SSSR count). The molecule has 0 N–H and O–H groups in total. The quantitative estimate of drug-likeness (QED) is 0.160. The summed E-state index contributed by atoms with van der Waals surface area (Å²) in [5.74, 6) is -49.7. The Morgan fingerprint density at radius 1 is 0.636 bits per heavy atom. The lowest BCUT2D eigenvalue weighted by atomic mass is 9.79. The second kappa shape index (κ2) is 8.51. The molecule has 0 bridgehead atoms. The standard InChI is InChI=1S/C13H9ClF16O2S/c1-2-3-6(15,7(16,17)4-5-33(14,31)32)8(18,19)9(20,21)10(22,23)11(24,25)12(26,27)13(28,29)30/h2H,1,3-5H2. The van der Waals surface area contributed by atoms with Gasteiger partial charge in [0.2, 0.25) is 14.7 Å². The summed E-state index contributed by atoms with van der Waals surface area (Å²) in [5.41, 5.74) is -6.47. The minimum Gasteiger partial charge on any atom is -0.230 e. The van der Waals surface area contributed by atoms with Gasteiger partial charge in [0.05, 0.1) is 5.75 Å². The summed E-state index contributed by atoms with van der Waals surface area (Å²) in [5, 5.41) is 0. The van der Waals surface area contributed by atoms with Crippen LogP contribution in [0.1, 0.15) is 12.8 Å². The predicted molar refractivity (Wildman–Crippen MR) is 78.6 cm³/mol. The molecule has 0 heterocycles. The number of alkyl halides is 16. The smallest absolute Gasteiger partial charge is 0.230 e. The second-order valence-corrected chi connectivity index (χ2v) is 9.26. The molecule has 1 atom stereocenters. The zero-order chi connectivity index (χ0) is 27.3. The van der Waals surface area contributed by atoms with Gasteiger partial charge in [-0.25, -0.2) is 21.6 Å². The fraction of sp³-hybridized carbons (Fsp3) is 0.846. The van der Waals surface area contributed by atoms with Crippen molar-refractivity contribution in [3.05, 3.63) is 12.7 Å². The number of hydrogen-bond donors (Lipinski definition) is 0. The van der Waals surface area contributed by atoms with Gasteiger partial charge in [-0.3, -0.25) is 0 Å². The molecule has 0 aromatic heterocycles. The summed E-state index contributed by atoms with van der Waals surface area (Å²) in [7, 11) is -0.678. The fourth-order valence-electron chi connectivity index (χ4n) is 2.17. The van der Waals surface area contributed by atoms with Crippen LogP contribution in [0, 0.1) is 0 Å². The minimum absolute atomic E-state index is 0.423. The number of rotatable bonds is 11. The molecule has 0 aliphatic heterocycles. The van der Waals surface area contributed by atoms with Crippen molar-refractivity contribution in [1.29, 1.82) is 0 Å². The molecule has 0 aliphatic carbocycles. The van der Waals surface area contributed by atoms with E-state index in [4.69, 9.17) is 0 Å². The van der Waals surface area contributed by atoms with Crippen molar-refractivity contribution in [3.8, 4) is 0 Å². The summed E-state index contributed by atoms with van der Waals surface area (Å²) in [6, 6.07) is 0. The molecule has 20 heteroatoms. The second-order valence-electron chi connectivity index (χ2n) is 6.36. The van der Waals surface area contributed by atoms with Crippen molar-refractivity contribution in [3.63, 3.8) is 0 Å². The van der Waals surface area contributed by atoms with Crippen LogP contribution in [0.4, 0.5) is 70.2 Å². The molecular weight excluding hydrogens is 560 g/mol. The van der Waals surface area contributed by atoms with Crippen LogP contribution in [0.2, 0.25) is 0 Å². The van der Waals surface area contributed by atoms with Crippen molar-refractivity contribution < 1.29 is 78.7 Å². The average molecular weight is 569 g/mol. The van der Waals surface area contributed by atoms with E-state index in [-0.39, 0.29) is 0 Å². The molecule has 0 saturated heterocycles. The summed E-state index contributed by atoms with van der Waals surface area (Å²) in [4.78, 5) is 0. The van der Waals surface area contributed by atoms with Crippen molar-refractivity contribution in [2.75, 3.05) is 5.75 Å². The number of halogens is 17. The maximum atomic E-state index is 14.6. The molecule has 0 aliphatic rings. The largest absolute Gasteiger partial charge is 0.460 e. The Morgan fingerprint density at radius 3 is 1.27 bits per heavy atom. The van der Waals surface area contributed by atoms with E-state index in [1.807, 2.05) is 0 Å². The topological polar surface area (TPSA) is 34.1 Å². The van der Waals surface area contributed by atoms with Crippen molar-refractivity contribution in [2.45, 2.75) is 60.2 Å². The van der Waals surface area contributed by atoms with E-state index in [1.54, 1.807) is 0 Å². The van der Waals surface area contributed by atoms with Gasteiger partial charge in [-0.1, -0.05) is 6.08 Å². The summed E-state index contributed by atoms with van der Waals surface area (Å²) in [6.07, 6.45) is -13.8. The normalized spacial score (nSPS) is 17.6. The maximum absolute atomic E-state index is 14.6. The molecule has 0 amide bonds. The van der Waals surface area contributed by atoms with E-state index >= 15 is 0 Å². The molecule has 0 radical (unpaired) electrons. The Labute approximate surface area is 178 Å². The Kier molecular flexibility index (Phi) is 8.22. The van der Waals surface area contributed by atoms with Gasteiger partial charge in [-0.2, -0.15) is 57.1 Å². The van der Waals surface area contributed by atoms with Crippen molar-refractivity contribution in [2.24, 2.45) is 0 Å². The molecule has 198 valence electrons. The highest BCUT2D eigenvalue weighted by molar-refractivity contribution is 8.13. The molecule has 0 saturated carbocycles. The molecular formula is C13H9ClF16O2S. The van der Waals surface area contributed by atoms with E-state index in [1.165, 1.54) is 0 Å². The van der Waals surface area contributed by atoms with Gasteiger partial charge in [-0.05, 0) is 0 Å². The van der Waals surface area contributed by atoms with Gasteiger partial charge in [0.15, 0.2) is 0 Å². The minimum atomic E-state index is -8.52. The van der Waals surface area contributed by atoms with Crippen molar-refractivity contribution in [1.82, 2.24) is 0 Å².